The van der Waals surface area contributed by atoms with E-state index in [1.807, 2.05) is 30.3 Å². The Morgan fingerprint density at radius 1 is 0.900 bits per heavy atom. The Balaban J connectivity index is 0.000000655. The molecule has 1 nitrogen and oxygen atoms in total. The Hall–Kier alpha value is -0.741. The van der Waals surface area contributed by atoms with E-state index in [2.05, 4.69) is 91.0 Å². The molecule has 0 aliphatic heterocycles. The first-order valence-corrected chi connectivity index (χ1v) is 13.1. The molecule has 1 aromatic carbocycles. The SMILES string of the molecule is C1=CCC=C1.C[C@@H](C1=CC=CC1=[P+]([O-])c1ccccc1)P(C(C)(C)C)C(C)(C)C.[Fe+2]. The summed E-state index contributed by atoms with van der Waals surface area (Å²) in [5.41, 5.74) is 1.70. The molecule has 2 aliphatic rings. The topological polar surface area (TPSA) is 23.1 Å². The molecule has 1 unspecified atom stereocenters. The second kappa shape index (κ2) is 11.8. The van der Waals surface area contributed by atoms with Crippen molar-refractivity contribution in [3.8, 4) is 0 Å². The van der Waals surface area contributed by atoms with Crippen molar-refractivity contribution in [1.82, 2.24) is 0 Å². The van der Waals surface area contributed by atoms with E-state index in [1.54, 1.807) is 0 Å². The molecule has 2 aliphatic carbocycles. The van der Waals surface area contributed by atoms with Gasteiger partial charge in [0.15, 0.2) is 0 Å². The van der Waals surface area contributed by atoms with Crippen LogP contribution in [-0.2, 0) is 17.1 Å². The second-order valence-corrected chi connectivity index (χ2v) is 15.3. The van der Waals surface area contributed by atoms with Crippen molar-refractivity contribution in [2.75, 3.05) is 0 Å². The molecule has 0 amide bonds. The molecule has 0 bridgehead atoms. The van der Waals surface area contributed by atoms with Gasteiger partial charge in [0, 0.05) is 11.2 Å². The van der Waals surface area contributed by atoms with Crippen LogP contribution in [0.3, 0.4) is 0 Å². The fourth-order valence-electron chi connectivity index (χ4n) is 4.37. The summed E-state index contributed by atoms with van der Waals surface area (Å²) in [6, 6.07) is 9.84. The number of hydrogen-bond acceptors (Lipinski definition) is 1. The summed E-state index contributed by atoms with van der Waals surface area (Å²) < 4.78 is 0. The molecule has 4 heteroatoms. The van der Waals surface area contributed by atoms with Crippen LogP contribution in [0.15, 0.2) is 78.4 Å². The zero-order valence-electron chi connectivity index (χ0n) is 19.4. The van der Waals surface area contributed by atoms with Crippen LogP contribution >= 0.6 is 15.7 Å². The third-order valence-electron chi connectivity index (χ3n) is 4.97. The van der Waals surface area contributed by atoms with Crippen LogP contribution < -0.4 is 10.2 Å². The average Bonchev–Trinajstić information content (AvgIpc) is 3.33. The van der Waals surface area contributed by atoms with Gasteiger partial charge in [0.2, 0.25) is 0 Å². The minimum atomic E-state index is -1.52. The van der Waals surface area contributed by atoms with Gasteiger partial charge >= 0.3 is 17.1 Å². The molecule has 0 radical (unpaired) electrons. The average molecular weight is 482 g/mol. The largest absolute Gasteiger partial charge is 2.00 e. The third kappa shape index (κ3) is 7.44. The first-order chi connectivity index (χ1) is 13.5. The van der Waals surface area contributed by atoms with E-state index in [9.17, 15) is 4.89 Å². The number of rotatable bonds is 3. The zero-order valence-corrected chi connectivity index (χ0v) is 22.3. The van der Waals surface area contributed by atoms with Crippen molar-refractivity contribution < 1.29 is 22.0 Å². The minimum Gasteiger partial charge on any atom is -0.625 e. The van der Waals surface area contributed by atoms with Crippen molar-refractivity contribution in [3.63, 3.8) is 0 Å². The van der Waals surface area contributed by atoms with Crippen LogP contribution in [0.5, 0.6) is 0 Å². The van der Waals surface area contributed by atoms with Gasteiger partial charge in [-0.15, -0.1) is 0 Å². The van der Waals surface area contributed by atoms with Crippen molar-refractivity contribution in [2.45, 2.75) is 70.9 Å². The Morgan fingerprint density at radius 3 is 1.87 bits per heavy atom. The number of hydrogen-bond donors (Lipinski definition) is 0. The molecule has 0 N–H and O–H groups in total. The molecular formula is C26H36FeOP2+2. The molecule has 3 rings (SSSR count). The van der Waals surface area contributed by atoms with E-state index < -0.39 is 7.77 Å². The van der Waals surface area contributed by atoms with Crippen molar-refractivity contribution in [2.24, 2.45) is 0 Å². The first kappa shape index (κ1) is 27.3. The van der Waals surface area contributed by atoms with Gasteiger partial charge in [-0.1, -0.05) is 111 Å². The van der Waals surface area contributed by atoms with Crippen LogP contribution in [0.2, 0.25) is 0 Å². The van der Waals surface area contributed by atoms with Gasteiger partial charge in [-0.2, -0.15) is 0 Å². The molecule has 0 aromatic heterocycles. The van der Waals surface area contributed by atoms with Crippen LogP contribution in [-0.4, -0.2) is 21.3 Å². The maximum atomic E-state index is 13.1. The summed E-state index contributed by atoms with van der Waals surface area (Å²) in [6.07, 6.45) is 15.8. The van der Waals surface area contributed by atoms with E-state index in [0.29, 0.717) is 5.66 Å². The maximum absolute atomic E-state index is 13.1. The normalized spacial score (nSPS) is 18.0. The van der Waals surface area contributed by atoms with Gasteiger partial charge in [0.05, 0.1) is 7.77 Å². The summed E-state index contributed by atoms with van der Waals surface area (Å²) in [7, 11) is -1.82. The van der Waals surface area contributed by atoms with E-state index in [-0.39, 0.29) is 35.3 Å². The van der Waals surface area contributed by atoms with E-state index >= 15 is 0 Å². The summed E-state index contributed by atoms with van der Waals surface area (Å²) in [5, 5.41) is 2.44. The number of allylic oxidation sites excluding steroid dienone is 8. The predicted molar refractivity (Wildman–Crippen MR) is 134 cm³/mol. The standard InChI is InChI=1S/C21H30OP2.C5H6.Fe/c1-16(24(20(2,3)4)21(5,6)7)18-14-11-15-19(18)23(22)17-12-9-8-10-13-17;1-2-4-5-3-1;/h8-16H,1-7H3;1-4H,5H2;/q;;+2/t16-;;/m0../s1. The van der Waals surface area contributed by atoms with Crippen LogP contribution in [0.1, 0.15) is 54.9 Å². The summed E-state index contributed by atoms with van der Waals surface area (Å²) >= 11 is 0. The maximum Gasteiger partial charge on any atom is 2.00 e. The predicted octanol–water partition coefficient (Wildman–Crippen LogP) is 6.71. The fraction of sp³-hybridized carbons (Fsp3) is 0.423. The number of benzene rings is 1. The van der Waals surface area contributed by atoms with E-state index in [4.69, 9.17) is 0 Å². The van der Waals surface area contributed by atoms with Crippen molar-refractivity contribution in [1.29, 1.82) is 0 Å². The minimum absolute atomic E-state index is 0. The first-order valence-electron chi connectivity index (χ1n) is 10.4. The van der Waals surface area contributed by atoms with E-state index in [1.165, 1.54) is 5.57 Å². The van der Waals surface area contributed by atoms with Gasteiger partial charge in [-0.3, -0.25) is 0 Å². The zero-order chi connectivity index (χ0) is 21.7. The quantitative estimate of drug-likeness (QED) is 0.347. The Labute approximate surface area is 197 Å². The van der Waals surface area contributed by atoms with Crippen molar-refractivity contribution >= 4 is 26.3 Å². The van der Waals surface area contributed by atoms with Gasteiger partial charge in [-0.25, -0.2) is 0 Å². The Morgan fingerprint density at radius 2 is 1.43 bits per heavy atom. The molecule has 0 heterocycles. The molecular weight excluding hydrogens is 446 g/mol. The summed E-state index contributed by atoms with van der Waals surface area (Å²) in [5.74, 6) is 0. The third-order valence-corrected chi connectivity index (χ3v) is 10.5. The smallest absolute Gasteiger partial charge is 0.625 e. The van der Waals surface area contributed by atoms with E-state index in [0.717, 1.165) is 17.0 Å². The molecule has 1 aromatic rings. The molecule has 0 saturated heterocycles. The molecule has 0 fully saturated rings. The monoisotopic (exact) mass is 482 g/mol. The summed E-state index contributed by atoms with van der Waals surface area (Å²) in [4.78, 5) is 13.1. The van der Waals surface area contributed by atoms with Crippen LogP contribution in [0.4, 0.5) is 0 Å². The van der Waals surface area contributed by atoms with Gasteiger partial charge in [0.25, 0.3) is 0 Å². The fourth-order valence-corrected chi connectivity index (χ4v) is 10.8. The van der Waals surface area contributed by atoms with Gasteiger partial charge in [-0.05, 0) is 34.9 Å². The molecule has 0 spiro atoms. The van der Waals surface area contributed by atoms with Crippen molar-refractivity contribution in [3.05, 3.63) is 78.4 Å². The van der Waals surface area contributed by atoms with Crippen LogP contribution in [0, 0.1) is 0 Å². The molecule has 30 heavy (non-hydrogen) atoms. The van der Waals surface area contributed by atoms with Gasteiger partial charge < -0.3 is 4.89 Å². The second-order valence-electron chi connectivity index (χ2n) is 9.48. The van der Waals surface area contributed by atoms with Gasteiger partial charge in [0.1, 0.15) is 10.6 Å². The summed E-state index contributed by atoms with van der Waals surface area (Å²) in [6.45, 7) is 16.4. The Bertz CT molecular complexity index is 810. The Kier molecular flexibility index (Phi) is 10.7. The molecule has 0 saturated carbocycles. The molecule has 2 atom stereocenters. The molecule has 162 valence electrons. The van der Waals surface area contributed by atoms with Crippen LogP contribution in [0.25, 0.3) is 0 Å².